The molecule has 1 aliphatic heterocycles. The molecule has 0 radical (unpaired) electrons. The highest BCUT2D eigenvalue weighted by Crippen LogP contribution is 2.45. The fourth-order valence-corrected chi connectivity index (χ4v) is 8.90. The molecule has 0 spiro atoms. The van der Waals surface area contributed by atoms with Crippen LogP contribution in [0.25, 0.3) is 71.9 Å². The molecule has 1 unspecified atom stereocenters. The quantitative estimate of drug-likeness (QED) is 0.177. The maximum atomic E-state index is 5.41. The number of hydrogen-bond donors (Lipinski definition) is 0. The van der Waals surface area contributed by atoms with Gasteiger partial charge < -0.3 is 9.47 Å². The van der Waals surface area contributed by atoms with Crippen LogP contribution in [-0.2, 0) is 6.42 Å². The Kier molecular flexibility index (Phi) is 7.99. The van der Waals surface area contributed by atoms with E-state index in [0.29, 0.717) is 0 Å². The number of hydrogen-bond acceptors (Lipinski definition) is 3. The summed E-state index contributed by atoms with van der Waals surface area (Å²) in [6.07, 6.45) is 0.806. The SMILES string of the molecule is c1ccc(-c2nc(C3Cc4ccccc4-c4cc(-c5ccc6c(c5)c5ccccc5n6-c5ccccc5)ccc4N(c4ccccc4)C3)nc3ccccc23)cc1. The normalized spacial score (nSPS) is 14.0. The molecule has 4 nitrogen and oxygen atoms in total. The summed E-state index contributed by atoms with van der Waals surface area (Å²) >= 11 is 0. The lowest BCUT2D eigenvalue weighted by molar-refractivity contribution is 0.640. The lowest BCUT2D eigenvalue weighted by atomic mass is 9.86. The lowest BCUT2D eigenvalue weighted by Gasteiger charge is -2.34. The van der Waals surface area contributed by atoms with Gasteiger partial charge in [0.25, 0.3) is 0 Å². The maximum absolute atomic E-state index is 5.41. The second-order valence-electron chi connectivity index (χ2n) is 15.0. The number of anilines is 2. The van der Waals surface area contributed by atoms with Gasteiger partial charge in [-0.25, -0.2) is 9.97 Å². The second-order valence-corrected chi connectivity index (χ2v) is 15.0. The predicted octanol–water partition coefficient (Wildman–Crippen LogP) is 13.2. The van der Waals surface area contributed by atoms with Gasteiger partial charge in [-0.2, -0.15) is 0 Å². The lowest BCUT2D eigenvalue weighted by Crippen LogP contribution is -2.28. The van der Waals surface area contributed by atoms with Gasteiger partial charge in [0, 0.05) is 56.8 Å². The van der Waals surface area contributed by atoms with Crippen LogP contribution in [0, 0.1) is 0 Å². The molecular weight excluding hydrogens is 693 g/mol. The highest BCUT2D eigenvalue weighted by molar-refractivity contribution is 6.10. The van der Waals surface area contributed by atoms with Crippen LogP contribution in [0.15, 0.2) is 200 Å². The van der Waals surface area contributed by atoms with Gasteiger partial charge in [0.2, 0.25) is 0 Å². The monoisotopic (exact) mass is 730 g/mol. The number of para-hydroxylation sites is 4. The summed E-state index contributed by atoms with van der Waals surface area (Å²) in [4.78, 5) is 13.2. The molecule has 0 bridgehead atoms. The van der Waals surface area contributed by atoms with E-state index in [1.165, 1.54) is 61.0 Å². The molecular formula is C53H38N4. The minimum atomic E-state index is 0.0237. The average molecular weight is 731 g/mol. The van der Waals surface area contributed by atoms with E-state index >= 15 is 0 Å². The van der Waals surface area contributed by atoms with Crippen molar-refractivity contribution in [3.8, 4) is 39.2 Å². The first-order valence-corrected chi connectivity index (χ1v) is 19.7. The molecule has 10 aromatic rings. The van der Waals surface area contributed by atoms with Crippen molar-refractivity contribution in [1.82, 2.24) is 14.5 Å². The zero-order valence-corrected chi connectivity index (χ0v) is 31.3. The summed E-state index contributed by atoms with van der Waals surface area (Å²) < 4.78 is 2.38. The van der Waals surface area contributed by atoms with E-state index in [-0.39, 0.29) is 5.92 Å². The van der Waals surface area contributed by atoms with Gasteiger partial charge in [-0.05, 0) is 89.3 Å². The largest absolute Gasteiger partial charge is 0.340 e. The van der Waals surface area contributed by atoms with Crippen molar-refractivity contribution in [2.75, 3.05) is 11.4 Å². The molecule has 2 aromatic heterocycles. The highest BCUT2D eigenvalue weighted by Gasteiger charge is 2.29. The minimum Gasteiger partial charge on any atom is -0.340 e. The van der Waals surface area contributed by atoms with Gasteiger partial charge in [0.15, 0.2) is 0 Å². The van der Waals surface area contributed by atoms with Crippen LogP contribution in [0.4, 0.5) is 11.4 Å². The van der Waals surface area contributed by atoms with E-state index in [1.54, 1.807) is 0 Å². The Morgan fingerprint density at radius 2 is 1.07 bits per heavy atom. The number of fused-ring (bicyclic) bond motifs is 7. The van der Waals surface area contributed by atoms with E-state index in [0.717, 1.165) is 46.6 Å². The molecule has 11 rings (SSSR count). The molecule has 4 heteroatoms. The van der Waals surface area contributed by atoms with Crippen LogP contribution >= 0.6 is 0 Å². The summed E-state index contributed by atoms with van der Waals surface area (Å²) in [7, 11) is 0. The van der Waals surface area contributed by atoms with Crippen LogP contribution in [0.2, 0.25) is 0 Å². The van der Waals surface area contributed by atoms with Crippen molar-refractivity contribution in [2.45, 2.75) is 12.3 Å². The Morgan fingerprint density at radius 1 is 0.439 bits per heavy atom. The van der Waals surface area contributed by atoms with Crippen molar-refractivity contribution < 1.29 is 0 Å². The second kappa shape index (κ2) is 13.8. The van der Waals surface area contributed by atoms with Gasteiger partial charge in [-0.3, -0.25) is 0 Å². The van der Waals surface area contributed by atoms with E-state index in [4.69, 9.17) is 9.97 Å². The molecule has 0 N–H and O–H groups in total. The van der Waals surface area contributed by atoms with E-state index in [2.05, 4.69) is 210 Å². The van der Waals surface area contributed by atoms with Crippen LogP contribution in [-0.4, -0.2) is 21.1 Å². The first kappa shape index (κ1) is 33.1. The van der Waals surface area contributed by atoms with Crippen molar-refractivity contribution in [2.24, 2.45) is 0 Å². The predicted molar refractivity (Wildman–Crippen MR) is 237 cm³/mol. The fourth-order valence-electron chi connectivity index (χ4n) is 8.90. The molecule has 0 amide bonds. The Hall–Kier alpha value is -7.30. The van der Waals surface area contributed by atoms with Crippen molar-refractivity contribution in [3.05, 3.63) is 212 Å². The molecule has 0 saturated heterocycles. The minimum absolute atomic E-state index is 0.0237. The Balaban J connectivity index is 1.07. The van der Waals surface area contributed by atoms with Crippen LogP contribution in [0.5, 0.6) is 0 Å². The maximum Gasteiger partial charge on any atom is 0.134 e. The Bertz CT molecular complexity index is 3080. The third kappa shape index (κ3) is 5.77. The molecule has 1 aliphatic rings. The van der Waals surface area contributed by atoms with Crippen LogP contribution < -0.4 is 4.90 Å². The summed E-state index contributed by atoms with van der Waals surface area (Å²) in [5.41, 5.74) is 15.1. The highest BCUT2D eigenvalue weighted by atomic mass is 15.1. The number of aromatic nitrogens is 3. The first-order chi connectivity index (χ1) is 28.3. The van der Waals surface area contributed by atoms with Crippen molar-refractivity contribution >= 4 is 44.1 Å². The number of rotatable bonds is 5. The van der Waals surface area contributed by atoms with E-state index in [9.17, 15) is 0 Å². The van der Waals surface area contributed by atoms with E-state index in [1.807, 2.05) is 0 Å². The molecule has 270 valence electrons. The van der Waals surface area contributed by atoms with Crippen molar-refractivity contribution in [1.29, 1.82) is 0 Å². The van der Waals surface area contributed by atoms with Gasteiger partial charge in [0.05, 0.1) is 22.2 Å². The van der Waals surface area contributed by atoms with Gasteiger partial charge in [-0.1, -0.05) is 140 Å². The third-order valence-corrected chi connectivity index (χ3v) is 11.6. The smallest absolute Gasteiger partial charge is 0.134 e. The fraction of sp³-hybridized carbons (Fsp3) is 0.0566. The van der Waals surface area contributed by atoms with Gasteiger partial charge >= 0.3 is 0 Å². The Labute approximate surface area is 332 Å². The standard InChI is InChI=1S/C53H38N4/c1-4-16-36(17-5-1)52-45-25-12-14-26-48(45)54-53(55-52)40-32-39-18-10-11-23-43(39)46-33-37(28-30-49(46)56(35-40)41-19-6-2-7-20-41)38-29-31-51-47(34-38)44-24-13-15-27-50(44)57(51)42-21-8-3-9-22-42/h1-31,33-34,40H,32,35H2. The zero-order valence-electron chi connectivity index (χ0n) is 31.3. The van der Waals surface area contributed by atoms with E-state index < -0.39 is 0 Å². The molecule has 57 heavy (non-hydrogen) atoms. The van der Waals surface area contributed by atoms with Gasteiger partial charge in [-0.15, -0.1) is 0 Å². The average Bonchev–Trinajstić information content (AvgIpc) is 3.61. The molecule has 1 atom stereocenters. The number of nitrogens with zero attached hydrogens (tertiary/aromatic N) is 4. The molecule has 0 aliphatic carbocycles. The molecule has 3 heterocycles. The Morgan fingerprint density at radius 3 is 1.89 bits per heavy atom. The first-order valence-electron chi connectivity index (χ1n) is 19.7. The summed E-state index contributed by atoms with van der Waals surface area (Å²) in [5, 5.41) is 3.57. The third-order valence-electron chi connectivity index (χ3n) is 11.6. The molecule has 0 fully saturated rings. The number of benzene rings is 8. The summed E-state index contributed by atoms with van der Waals surface area (Å²) in [5.74, 6) is 0.891. The topological polar surface area (TPSA) is 34.0 Å². The molecule has 8 aromatic carbocycles. The van der Waals surface area contributed by atoms with Gasteiger partial charge in [0.1, 0.15) is 5.82 Å². The zero-order chi connectivity index (χ0) is 37.7. The summed E-state index contributed by atoms with van der Waals surface area (Å²) in [6.45, 7) is 0.724. The van der Waals surface area contributed by atoms with Crippen LogP contribution in [0.3, 0.4) is 0 Å². The summed E-state index contributed by atoms with van der Waals surface area (Å²) in [6, 6.07) is 72.0. The molecule has 0 saturated carbocycles. The van der Waals surface area contributed by atoms with Crippen LogP contribution in [0.1, 0.15) is 17.3 Å². The van der Waals surface area contributed by atoms with Crippen molar-refractivity contribution in [3.63, 3.8) is 0 Å².